The lowest BCUT2D eigenvalue weighted by atomic mass is 10.1. The summed E-state index contributed by atoms with van der Waals surface area (Å²) in [5, 5.41) is 3.12. The van der Waals surface area contributed by atoms with Crippen LogP contribution >= 0.6 is 0 Å². The number of nitrogens with one attached hydrogen (secondary N) is 1. The molecule has 1 saturated heterocycles. The summed E-state index contributed by atoms with van der Waals surface area (Å²) >= 11 is 0. The average Bonchev–Trinajstić information content (AvgIpc) is 2.59. The van der Waals surface area contributed by atoms with E-state index in [4.69, 9.17) is 4.74 Å². The first-order chi connectivity index (χ1) is 9.13. The molecule has 0 radical (unpaired) electrons. The summed E-state index contributed by atoms with van der Waals surface area (Å²) in [5.41, 5.74) is 2.96. The number of nitrogens with zero attached hydrogens (tertiary/aromatic N) is 2. The van der Waals surface area contributed by atoms with E-state index in [0.717, 1.165) is 42.1 Å². The number of aryl methyl sites for hydroxylation is 1. The molecule has 1 fully saturated rings. The second-order valence-corrected chi connectivity index (χ2v) is 4.89. The molecule has 1 amide bonds. The van der Waals surface area contributed by atoms with Gasteiger partial charge < -0.3 is 15.0 Å². The first-order valence-electron chi connectivity index (χ1n) is 6.61. The van der Waals surface area contributed by atoms with Gasteiger partial charge in [-0.1, -0.05) is 0 Å². The number of rotatable bonds is 3. The molecule has 0 bridgehead atoms. The van der Waals surface area contributed by atoms with Crippen molar-refractivity contribution in [1.29, 1.82) is 0 Å². The first kappa shape index (κ1) is 13.8. The Kier molecular flexibility index (Phi) is 4.37. The Morgan fingerprint density at radius 3 is 3.00 bits per heavy atom. The van der Waals surface area contributed by atoms with Crippen LogP contribution in [0.25, 0.3) is 0 Å². The van der Waals surface area contributed by atoms with E-state index < -0.39 is 0 Å². The maximum Gasteiger partial charge on any atom is 0.236 e. The van der Waals surface area contributed by atoms with Crippen LogP contribution in [0.4, 0.5) is 0 Å². The van der Waals surface area contributed by atoms with E-state index in [9.17, 15) is 4.79 Å². The van der Waals surface area contributed by atoms with Crippen LogP contribution in [0.5, 0.6) is 5.75 Å². The molecule has 0 aliphatic carbocycles. The second-order valence-electron chi connectivity index (χ2n) is 4.89. The molecule has 104 valence electrons. The fraction of sp³-hybridized carbons (Fsp3) is 0.571. The zero-order valence-corrected chi connectivity index (χ0v) is 11.8. The topological polar surface area (TPSA) is 54.5 Å². The number of amides is 1. The number of hydrogen-bond donors (Lipinski definition) is 1. The van der Waals surface area contributed by atoms with Gasteiger partial charge in [-0.05, 0) is 26.8 Å². The highest BCUT2D eigenvalue weighted by Crippen LogP contribution is 2.24. The van der Waals surface area contributed by atoms with Crippen molar-refractivity contribution in [2.75, 3.05) is 26.7 Å². The predicted molar refractivity (Wildman–Crippen MR) is 73.2 cm³/mol. The highest BCUT2D eigenvalue weighted by atomic mass is 16.5. The number of hydrogen-bond acceptors (Lipinski definition) is 4. The minimum atomic E-state index is 0.137. The minimum Gasteiger partial charge on any atom is -0.496 e. The summed E-state index contributed by atoms with van der Waals surface area (Å²) in [6.07, 6.45) is 2.79. The van der Waals surface area contributed by atoms with E-state index in [-0.39, 0.29) is 5.91 Å². The van der Waals surface area contributed by atoms with E-state index in [1.807, 2.05) is 24.9 Å². The fourth-order valence-corrected chi connectivity index (χ4v) is 2.41. The van der Waals surface area contributed by atoms with Crippen molar-refractivity contribution < 1.29 is 9.53 Å². The van der Waals surface area contributed by atoms with Gasteiger partial charge in [-0.25, -0.2) is 0 Å². The van der Waals surface area contributed by atoms with Crippen molar-refractivity contribution in [3.63, 3.8) is 0 Å². The Morgan fingerprint density at radius 1 is 1.47 bits per heavy atom. The normalized spacial score (nSPS) is 16.4. The van der Waals surface area contributed by atoms with Crippen molar-refractivity contribution in [3.05, 3.63) is 23.0 Å². The maximum absolute atomic E-state index is 12.0. The van der Waals surface area contributed by atoms with Crippen LogP contribution in [-0.4, -0.2) is 42.5 Å². The zero-order chi connectivity index (χ0) is 13.8. The molecule has 1 N–H and O–H groups in total. The number of methoxy groups -OCH3 is 1. The molecule has 0 atom stereocenters. The summed E-state index contributed by atoms with van der Waals surface area (Å²) in [4.78, 5) is 18.3. The van der Waals surface area contributed by atoms with Gasteiger partial charge in [0.2, 0.25) is 5.91 Å². The van der Waals surface area contributed by atoms with Gasteiger partial charge in [-0.2, -0.15) is 0 Å². The zero-order valence-electron chi connectivity index (χ0n) is 11.8. The molecule has 0 aromatic carbocycles. The van der Waals surface area contributed by atoms with Gasteiger partial charge in [0.05, 0.1) is 25.9 Å². The van der Waals surface area contributed by atoms with Gasteiger partial charge in [-0.15, -0.1) is 0 Å². The molecule has 1 aromatic rings. The summed E-state index contributed by atoms with van der Waals surface area (Å²) < 4.78 is 5.40. The molecule has 2 rings (SSSR count). The van der Waals surface area contributed by atoms with E-state index in [1.165, 1.54) is 0 Å². The number of carbonyl (C=O) groups is 1. The lowest BCUT2D eigenvalue weighted by Gasteiger charge is -2.21. The molecular formula is C14H21N3O2. The number of carbonyl (C=O) groups excluding carboxylic acids is 1. The van der Waals surface area contributed by atoms with Crippen LogP contribution in [0.15, 0.2) is 6.20 Å². The average molecular weight is 263 g/mol. The van der Waals surface area contributed by atoms with E-state index in [0.29, 0.717) is 13.1 Å². The SMILES string of the molecule is COc1c(C)cnc(CN2CCCNCC2=O)c1C. The third-order valence-electron chi connectivity index (χ3n) is 3.50. The van der Waals surface area contributed by atoms with Gasteiger partial charge in [0.25, 0.3) is 0 Å². The lowest BCUT2D eigenvalue weighted by Crippen LogP contribution is -2.34. The van der Waals surface area contributed by atoms with Gasteiger partial charge >= 0.3 is 0 Å². The van der Waals surface area contributed by atoms with Crippen LogP contribution < -0.4 is 10.1 Å². The smallest absolute Gasteiger partial charge is 0.236 e. The van der Waals surface area contributed by atoms with Gasteiger partial charge in [-0.3, -0.25) is 9.78 Å². The van der Waals surface area contributed by atoms with Gasteiger partial charge in [0.15, 0.2) is 0 Å². The first-order valence-corrected chi connectivity index (χ1v) is 6.61. The molecular weight excluding hydrogens is 242 g/mol. The molecule has 19 heavy (non-hydrogen) atoms. The molecule has 1 aliphatic heterocycles. The Morgan fingerprint density at radius 2 is 2.26 bits per heavy atom. The van der Waals surface area contributed by atoms with Crippen molar-refractivity contribution in [3.8, 4) is 5.75 Å². The maximum atomic E-state index is 12.0. The molecule has 1 aliphatic rings. The Balaban J connectivity index is 2.20. The third kappa shape index (κ3) is 3.04. The van der Waals surface area contributed by atoms with Gasteiger partial charge in [0, 0.05) is 23.9 Å². The van der Waals surface area contributed by atoms with Crippen molar-refractivity contribution in [1.82, 2.24) is 15.2 Å². The highest BCUT2D eigenvalue weighted by molar-refractivity contribution is 5.78. The Bertz CT molecular complexity index is 474. The highest BCUT2D eigenvalue weighted by Gasteiger charge is 2.19. The summed E-state index contributed by atoms with van der Waals surface area (Å²) in [6, 6.07) is 0. The van der Waals surface area contributed by atoms with Crippen molar-refractivity contribution >= 4 is 5.91 Å². The Hall–Kier alpha value is -1.62. The third-order valence-corrected chi connectivity index (χ3v) is 3.50. The van der Waals surface area contributed by atoms with Crippen molar-refractivity contribution in [2.24, 2.45) is 0 Å². The molecule has 1 aromatic heterocycles. The van der Waals surface area contributed by atoms with E-state index in [1.54, 1.807) is 7.11 Å². The molecule has 0 spiro atoms. The molecule has 0 unspecified atom stereocenters. The molecule has 5 heteroatoms. The fourth-order valence-electron chi connectivity index (χ4n) is 2.41. The van der Waals surface area contributed by atoms with Crippen LogP contribution in [0.3, 0.4) is 0 Å². The number of ether oxygens (including phenoxy) is 1. The largest absolute Gasteiger partial charge is 0.496 e. The van der Waals surface area contributed by atoms with Crippen LogP contribution in [0.2, 0.25) is 0 Å². The molecule has 2 heterocycles. The monoisotopic (exact) mass is 263 g/mol. The van der Waals surface area contributed by atoms with E-state index in [2.05, 4.69) is 10.3 Å². The quantitative estimate of drug-likeness (QED) is 0.885. The summed E-state index contributed by atoms with van der Waals surface area (Å²) in [5.74, 6) is 1.00. The molecule has 0 saturated carbocycles. The van der Waals surface area contributed by atoms with E-state index >= 15 is 0 Å². The van der Waals surface area contributed by atoms with Gasteiger partial charge in [0.1, 0.15) is 5.75 Å². The van der Waals surface area contributed by atoms with Crippen molar-refractivity contribution in [2.45, 2.75) is 26.8 Å². The second kappa shape index (κ2) is 6.02. The number of pyridine rings is 1. The Labute approximate surface area is 114 Å². The lowest BCUT2D eigenvalue weighted by molar-refractivity contribution is -0.130. The summed E-state index contributed by atoms with van der Waals surface area (Å²) in [7, 11) is 1.67. The molecule has 5 nitrogen and oxygen atoms in total. The van der Waals surface area contributed by atoms with Crippen LogP contribution in [0, 0.1) is 13.8 Å². The van der Waals surface area contributed by atoms with Crippen LogP contribution in [-0.2, 0) is 11.3 Å². The minimum absolute atomic E-state index is 0.137. The number of aromatic nitrogens is 1. The predicted octanol–water partition coefficient (Wildman–Crippen LogP) is 1.03. The summed E-state index contributed by atoms with van der Waals surface area (Å²) in [6.45, 7) is 6.62. The standard InChI is InChI=1S/C14H21N3O2/c1-10-7-16-12(11(2)14(10)19-3)9-17-6-4-5-15-8-13(17)18/h7,15H,4-6,8-9H2,1-3H3. The van der Waals surface area contributed by atoms with Crippen LogP contribution in [0.1, 0.15) is 23.2 Å².